The van der Waals surface area contributed by atoms with Crippen molar-refractivity contribution in [3.05, 3.63) is 73.4 Å². The second-order valence-corrected chi connectivity index (χ2v) is 8.65. The number of aromatic nitrogens is 6. The van der Waals surface area contributed by atoms with Crippen LogP contribution in [0.2, 0.25) is 31.2 Å². The Hall–Kier alpha value is -2.60. The smallest absolute Gasteiger partial charge is 0.232 e. The molecule has 0 fully saturated rings. The minimum absolute atomic E-state index is 0.0112. The number of anilines is 3. The summed E-state index contributed by atoms with van der Waals surface area (Å²) in [5.74, 6) is 1.99. The van der Waals surface area contributed by atoms with Crippen LogP contribution in [0.3, 0.4) is 0 Å². The lowest BCUT2D eigenvalue weighted by atomic mass is 10.3. The van der Waals surface area contributed by atoms with Crippen LogP contribution in [-0.2, 0) is 0 Å². The third kappa shape index (κ3) is 10.7. The standard InChI is InChI=1S/C10H7Cl3N4O.C7H8ClNO.C4H3Cl2N3/c1-18-7-3-2-5(4-6(7)11)14-10-16-8(12)15-9(13)17-10;1-10-7-3-2-5(9)4-6(7)8;1-2-7-3(5)9-4(6)8-2/h2-4H,1H3,(H,14,15,16,17);2-4H,9H2,1H3;1H3. The van der Waals surface area contributed by atoms with E-state index < -0.39 is 0 Å². The van der Waals surface area contributed by atoms with Crippen LogP contribution >= 0.6 is 69.6 Å². The molecular weight excluding hydrogens is 609 g/mol. The first-order valence-corrected chi connectivity index (χ1v) is 12.1. The summed E-state index contributed by atoms with van der Waals surface area (Å²) in [6.07, 6.45) is 0. The zero-order chi connectivity index (χ0) is 27.5. The van der Waals surface area contributed by atoms with Gasteiger partial charge in [0.15, 0.2) is 0 Å². The fourth-order valence-corrected chi connectivity index (χ4v) is 3.69. The number of rotatable bonds is 4. The summed E-state index contributed by atoms with van der Waals surface area (Å²) in [5, 5.41) is 4.20. The van der Waals surface area contributed by atoms with Crippen LogP contribution in [0.25, 0.3) is 0 Å². The molecule has 4 rings (SSSR count). The molecule has 0 bridgehead atoms. The van der Waals surface area contributed by atoms with Crippen molar-refractivity contribution >= 4 is 86.9 Å². The van der Waals surface area contributed by atoms with E-state index in [2.05, 4.69) is 35.2 Å². The maximum Gasteiger partial charge on any atom is 0.232 e. The van der Waals surface area contributed by atoms with Crippen LogP contribution < -0.4 is 20.5 Å². The zero-order valence-electron chi connectivity index (χ0n) is 19.3. The van der Waals surface area contributed by atoms with Crippen molar-refractivity contribution in [2.24, 2.45) is 0 Å². The van der Waals surface area contributed by atoms with Crippen LogP contribution in [-0.4, -0.2) is 44.1 Å². The molecule has 0 radical (unpaired) electrons. The van der Waals surface area contributed by atoms with E-state index in [9.17, 15) is 0 Å². The molecule has 0 aliphatic carbocycles. The number of aryl methyl sites for hydroxylation is 1. The summed E-state index contributed by atoms with van der Waals surface area (Å²) in [6.45, 7) is 1.69. The highest BCUT2D eigenvalue weighted by Gasteiger charge is 2.06. The van der Waals surface area contributed by atoms with E-state index in [1.807, 2.05) is 0 Å². The van der Waals surface area contributed by atoms with Gasteiger partial charge in [-0.05, 0) is 89.7 Å². The first kappa shape index (κ1) is 30.6. The molecule has 0 atom stereocenters. The molecule has 0 aliphatic heterocycles. The molecule has 0 unspecified atom stereocenters. The molecule has 2 heterocycles. The molecule has 3 N–H and O–H groups in total. The summed E-state index contributed by atoms with van der Waals surface area (Å²) in [5.41, 5.74) is 6.77. The first-order valence-electron chi connectivity index (χ1n) is 9.81. The monoisotopic (exact) mass is 624 g/mol. The molecule has 4 aromatic rings. The van der Waals surface area contributed by atoms with E-state index >= 15 is 0 Å². The quantitative estimate of drug-likeness (QED) is 0.228. The van der Waals surface area contributed by atoms with Gasteiger partial charge in [-0.15, -0.1) is 0 Å². The molecule has 2 aromatic carbocycles. The Morgan fingerprint density at radius 2 is 1.11 bits per heavy atom. The Bertz CT molecular complexity index is 1280. The molecule has 10 nitrogen and oxygen atoms in total. The summed E-state index contributed by atoms with van der Waals surface area (Å²) >= 11 is 33.8. The van der Waals surface area contributed by atoms with Gasteiger partial charge in [-0.1, -0.05) is 23.2 Å². The Morgan fingerprint density at radius 1 is 0.649 bits per heavy atom. The number of hydrogen-bond donors (Lipinski definition) is 2. The van der Waals surface area contributed by atoms with E-state index in [1.54, 1.807) is 57.5 Å². The normalized spacial score (nSPS) is 9.86. The molecule has 196 valence electrons. The van der Waals surface area contributed by atoms with E-state index in [0.29, 0.717) is 38.7 Å². The van der Waals surface area contributed by atoms with Crippen LogP contribution in [0.15, 0.2) is 36.4 Å². The summed E-state index contributed by atoms with van der Waals surface area (Å²) in [6, 6.07) is 10.3. The predicted octanol–water partition coefficient (Wildman–Crippen LogP) is 7.00. The second kappa shape index (κ2) is 15.0. The van der Waals surface area contributed by atoms with E-state index in [4.69, 9.17) is 84.8 Å². The number of nitrogens with one attached hydrogen (secondary N) is 1. The number of nitrogen functional groups attached to an aromatic ring is 1. The molecular formula is C21H18Cl6N8O2. The summed E-state index contributed by atoms with van der Waals surface area (Å²) in [4.78, 5) is 22.3. The Balaban J connectivity index is 0.000000214. The van der Waals surface area contributed by atoms with Crippen molar-refractivity contribution in [1.82, 2.24) is 29.9 Å². The maximum atomic E-state index is 5.99. The van der Waals surface area contributed by atoms with E-state index in [1.165, 1.54) is 0 Å². The van der Waals surface area contributed by atoms with Gasteiger partial charge in [0.25, 0.3) is 0 Å². The van der Waals surface area contributed by atoms with E-state index in [0.717, 1.165) is 0 Å². The number of ether oxygens (including phenoxy) is 2. The minimum Gasteiger partial charge on any atom is -0.495 e. The first-order chi connectivity index (χ1) is 17.5. The Labute approximate surface area is 242 Å². The lowest BCUT2D eigenvalue weighted by Crippen LogP contribution is -1.99. The SMILES string of the molecule is COc1ccc(N)cc1Cl.COc1ccc(Nc2nc(Cl)nc(Cl)n2)cc1Cl.Cc1nc(Cl)nc(Cl)n1. The summed E-state index contributed by atoms with van der Waals surface area (Å²) < 4.78 is 9.96. The predicted molar refractivity (Wildman–Crippen MR) is 148 cm³/mol. The van der Waals surface area contributed by atoms with Crippen LogP contribution in [0.1, 0.15) is 5.82 Å². The Morgan fingerprint density at radius 3 is 1.54 bits per heavy atom. The summed E-state index contributed by atoms with van der Waals surface area (Å²) in [7, 11) is 3.11. The molecule has 16 heteroatoms. The molecule has 2 aromatic heterocycles. The highest BCUT2D eigenvalue weighted by Crippen LogP contribution is 2.28. The largest absolute Gasteiger partial charge is 0.495 e. The van der Waals surface area contributed by atoms with Gasteiger partial charge in [-0.3, -0.25) is 0 Å². The van der Waals surface area contributed by atoms with Gasteiger partial charge in [-0.2, -0.15) is 19.9 Å². The molecule has 0 saturated heterocycles. The number of nitrogens with two attached hydrogens (primary N) is 1. The van der Waals surface area contributed by atoms with Crippen LogP contribution in [0.5, 0.6) is 11.5 Å². The molecule has 0 saturated carbocycles. The Kier molecular flexibility index (Phi) is 12.4. The molecule has 0 aliphatic rings. The molecule has 0 amide bonds. The zero-order valence-corrected chi connectivity index (χ0v) is 23.8. The topological polar surface area (TPSA) is 134 Å². The number of benzene rings is 2. The number of nitrogens with zero attached hydrogens (tertiary/aromatic N) is 6. The second-order valence-electron chi connectivity index (χ2n) is 6.49. The van der Waals surface area contributed by atoms with Gasteiger partial charge in [0, 0.05) is 11.4 Å². The minimum atomic E-state index is 0.0112. The third-order valence-corrected chi connectivity index (χ3v) is 5.12. The van der Waals surface area contributed by atoms with Gasteiger partial charge in [0.2, 0.25) is 27.1 Å². The van der Waals surface area contributed by atoms with Gasteiger partial charge in [0.05, 0.1) is 24.3 Å². The van der Waals surface area contributed by atoms with Crippen LogP contribution in [0.4, 0.5) is 17.3 Å². The van der Waals surface area contributed by atoms with Gasteiger partial charge in [-0.25, -0.2) is 9.97 Å². The number of methoxy groups -OCH3 is 2. The van der Waals surface area contributed by atoms with E-state index in [-0.39, 0.29) is 27.1 Å². The van der Waals surface area contributed by atoms with Gasteiger partial charge < -0.3 is 20.5 Å². The lowest BCUT2D eigenvalue weighted by molar-refractivity contribution is 0.415. The van der Waals surface area contributed by atoms with Crippen molar-refractivity contribution in [3.8, 4) is 11.5 Å². The highest BCUT2D eigenvalue weighted by atomic mass is 35.5. The molecule has 0 spiro atoms. The van der Waals surface area contributed by atoms with Gasteiger partial charge >= 0.3 is 0 Å². The van der Waals surface area contributed by atoms with Crippen molar-refractivity contribution in [3.63, 3.8) is 0 Å². The number of hydrogen-bond acceptors (Lipinski definition) is 10. The van der Waals surface area contributed by atoms with Crippen molar-refractivity contribution in [2.45, 2.75) is 6.92 Å². The third-order valence-electron chi connectivity index (χ3n) is 3.86. The fraction of sp³-hybridized carbons (Fsp3) is 0.143. The van der Waals surface area contributed by atoms with Crippen molar-refractivity contribution < 1.29 is 9.47 Å². The maximum absolute atomic E-state index is 5.99. The number of halogens is 6. The fourth-order valence-electron chi connectivity index (χ4n) is 2.36. The average Bonchev–Trinajstić information content (AvgIpc) is 2.78. The van der Waals surface area contributed by atoms with Gasteiger partial charge in [0.1, 0.15) is 17.3 Å². The highest BCUT2D eigenvalue weighted by molar-refractivity contribution is 6.33. The lowest BCUT2D eigenvalue weighted by Gasteiger charge is -2.07. The van der Waals surface area contributed by atoms with Crippen molar-refractivity contribution in [1.29, 1.82) is 0 Å². The van der Waals surface area contributed by atoms with Crippen molar-refractivity contribution in [2.75, 3.05) is 25.3 Å². The molecule has 37 heavy (non-hydrogen) atoms. The average molecular weight is 627 g/mol. The van der Waals surface area contributed by atoms with Crippen LogP contribution in [0, 0.1) is 6.92 Å².